The van der Waals surface area contributed by atoms with E-state index in [1.54, 1.807) is 0 Å². The van der Waals surface area contributed by atoms with Crippen LogP contribution in [0.1, 0.15) is 38.3 Å². The van der Waals surface area contributed by atoms with E-state index < -0.39 is 0 Å². The van der Waals surface area contributed by atoms with Crippen LogP contribution in [-0.4, -0.2) is 16.3 Å². The van der Waals surface area contributed by atoms with Crippen LogP contribution < -0.4 is 5.73 Å². The number of rotatable bonds is 5. The van der Waals surface area contributed by atoms with Gasteiger partial charge in [0.15, 0.2) is 0 Å². The minimum absolute atomic E-state index is 0.506. The minimum Gasteiger partial charge on any atom is -0.330 e. The normalized spacial score (nSPS) is 13.2. The second-order valence-corrected chi connectivity index (χ2v) is 3.48. The third-order valence-corrected chi connectivity index (χ3v) is 2.37. The van der Waals surface area contributed by atoms with Gasteiger partial charge in [0.2, 0.25) is 0 Å². The molecular weight excluding hydrogens is 162 g/mol. The molecule has 1 unspecified atom stereocenters. The molecule has 1 heterocycles. The molecule has 0 amide bonds. The summed E-state index contributed by atoms with van der Waals surface area (Å²) < 4.78 is 2.03. The van der Waals surface area contributed by atoms with Gasteiger partial charge in [-0.15, -0.1) is 0 Å². The lowest BCUT2D eigenvalue weighted by molar-refractivity contribution is 0.477. The van der Waals surface area contributed by atoms with Gasteiger partial charge in [0.25, 0.3) is 0 Å². The molecule has 0 radical (unpaired) electrons. The molecule has 3 heteroatoms. The molecule has 0 saturated heterocycles. The van der Waals surface area contributed by atoms with Crippen LogP contribution in [0.25, 0.3) is 0 Å². The fourth-order valence-electron chi connectivity index (χ4n) is 1.24. The van der Waals surface area contributed by atoms with Gasteiger partial charge in [0.1, 0.15) is 0 Å². The maximum Gasteiger partial charge on any atom is 0.0521 e. The first kappa shape index (κ1) is 10.3. The van der Waals surface area contributed by atoms with E-state index in [4.69, 9.17) is 5.73 Å². The average Bonchev–Trinajstić information content (AvgIpc) is 2.62. The van der Waals surface area contributed by atoms with E-state index in [2.05, 4.69) is 25.1 Å². The smallest absolute Gasteiger partial charge is 0.0521 e. The molecule has 13 heavy (non-hydrogen) atoms. The Morgan fingerprint density at radius 2 is 2.38 bits per heavy atom. The molecule has 0 aliphatic carbocycles. The molecule has 0 bridgehead atoms. The topological polar surface area (TPSA) is 43.8 Å². The Morgan fingerprint density at radius 3 is 3.00 bits per heavy atom. The van der Waals surface area contributed by atoms with Gasteiger partial charge in [-0.3, -0.25) is 4.68 Å². The Morgan fingerprint density at radius 1 is 1.62 bits per heavy atom. The zero-order valence-corrected chi connectivity index (χ0v) is 8.53. The van der Waals surface area contributed by atoms with Crippen LogP contribution in [0.15, 0.2) is 12.4 Å². The van der Waals surface area contributed by atoms with Crippen molar-refractivity contribution >= 4 is 0 Å². The first-order valence-corrected chi connectivity index (χ1v) is 5.01. The van der Waals surface area contributed by atoms with E-state index in [-0.39, 0.29) is 0 Å². The summed E-state index contributed by atoms with van der Waals surface area (Å²) in [5, 5.41) is 4.32. The SMILES string of the molecule is CCC(C)n1cc(CCCN)cn1. The number of nitrogens with two attached hydrogens (primary N) is 1. The number of hydrogen-bond donors (Lipinski definition) is 1. The molecule has 2 N–H and O–H groups in total. The third-order valence-electron chi connectivity index (χ3n) is 2.37. The second-order valence-electron chi connectivity index (χ2n) is 3.48. The van der Waals surface area contributed by atoms with Crippen LogP contribution in [-0.2, 0) is 6.42 Å². The van der Waals surface area contributed by atoms with Crippen molar-refractivity contribution in [3.05, 3.63) is 18.0 Å². The summed E-state index contributed by atoms with van der Waals surface area (Å²) in [6.45, 7) is 5.11. The van der Waals surface area contributed by atoms with E-state index in [1.807, 2.05) is 10.9 Å². The van der Waals surface area contributed by atoms with E-state index in [0.29, 0.717) is 6.04 Å². The predicted octanol–water partition coefficient (Wildman–Crippen LogP) is 1.75. The van der Waals surface area contributed by atoms with Crippen LogP contribution in [0.2, 0.25) is 0 Å². The fourth-order valence-corrected chi connectivity index (χ4v) is 1.24. The van der Waals surface area contributed by atoms with Gasteiger partial charge in [-0.1, -0.05) is 6.92 Å². The number of aryl methyl sites for hydroxylation is 1. The largest absolute Gasteiger partial charge is 0.330 e. The number of hydrogen-bond acceptors (Lipinski definition) is 2. The maximum absolute atomic E-state index is 5.44. The molecule has 74 valence electrons. The monoisotopic (exact) mass is 181 g/mol. The summed E-state index contributed by atoms with van der Waals surface area (Å²) >= 11 is 0. The molecule has 1 rings (SSSR count). The molecule has 0 spiro atoms. The van der Waals surface area contributed by atoms with Gasteiger partial charge in [-0.2, -0.15) is 5.10 Å². The molecule has 1 aromatic rings. The lowest BCUT2D eigenvalue weighted by Gasteiger charge is -2.07. The summed E-state index contributed by atoms with van der Waals surface area (Å²) in [5.74, 6) is 0. The van der Waals surface area contributed by atoms with Crippen molar-refractivity contribution in [1.82, 2.24) is 9.78 Å². The highest BCUT2D eigenvalue weighted by atomic mass is 15.3. The van der Waals surface area contributed by atoms with Crippen molar-refractivity contribution in [1.29, 1.82) is 0 Å². The Balaban J connectivity index is 2.53. The zero-order valence-electron chi connectivity index (χ0n) is 8.53. The predicted molar refractivity (Wildman–Crippen MR) is 54.6 cm³/mol. The summed E-state index contributed by atoms with van der Waals surface area (Å²) in [6.07, 6.45) is 7.29. The first-order valence-electron chi connectivity index (χ1n) is 5.01. The van der Waals surface area contributed by atoms with E-state index in [9.17, 15) is 0 Å². The molecule has 1 aromatic heterocycles. The van der Waals surface area contributed by atoms with Crippen molar-refractivity contribution in [2.75, 3.05) is 6.54 Å². The summed E-state index contributed by atoms with van der Waals surface area (Å²) in [5.41, 5.74) is 6.74. The summed E-state index contributed by atoms with van der Waals surface area (Å²) in [6, 6.07) is 0.506. The van der Waals surface area contributed by atoms with Crippen LogP contribution in [0, 0.1) is 0 Å². The van der Waals surface area contributed by atoms with Crippen molar-refractivity contribution in [2.24, 2.45) is 5.73 Å². The van der Waals surface area contributed by atoms with Gasteiger partial charge < -0.3 is 5.73 Å². The standard InChI is InChI=1S/C10H19N3/c1-3-9(2)13-8-10(7-12-13)5-4-6-11/h7-9H,3-6,11H2,1-2H3. The molecular formula is C10H19N3. The van der Waals surface area contributed by atoms with Gasteiger partial charge in [-0.25, -0.2) is 0 Å². The molecule has 1 atom stereocenters. The van der Waals surface area contributed by atoms with Crippen molar-refractivity contribution in [3.8, 4) is 0 Å². The van der Waals surface area contributed by atoms with Crippen molar-refractivity contribution < 1.29 is 0 Å². The highest BCUT2D eigenvalue weighted by Gasteiger charge is 2.03. The quantitative estimate of drug-likeness (QED) is 0.752. The molecule has 0 saturated carbocycles. The van der Waals surface area contributed by atoms with E-state index >= 15 is 0 Å². The molecule has 3 nitrogen and oxygen atoms in total. The first-order chi connectivity index (χ1) is 6.27. The Bertz CT molecular complexity index is 242. The maximum atomic E-state index is 5.44. The lowest BCUT2D eigenvalue weighted by atomic mass is 10.2. The van der Waals surface area contributed by atoms with Crippen molar-refractivity contribution in [3.63, 3.8) is 0 Å². The average molecular weight is 181 g/mol. The summed E-state index contributed by atoms with van der Waals surface area (Å²) in [7, 11) is 0. The molecule has 0 aliphatic rings. The van der Waals surface area contributed by atoms with Gasteiger partial charge in [-0.05, 0) is 38.3 Å². The highest BCUT2D eigenvalue weighted by molar-refractivity contribution is 5.04. The zero-order chi connectivity index (χ0) is 9.68. The number of aromatic nitrogens is 2. The van der Waals surface area contributed by atoms with Crippen LogP contribution >= 0.6 is 0 Å². The van der Waals surface area contributed by atoms with Crippen LogP contribution in [0.3, 0.4) is 0 Å². The molecule has 0 fully saturated rings. The van der Waals surface area contributed by atoms with Gasteiger partial charge >= 0.3 is 0 Å². The minimum atomic E-state index is 0.506. The van der Waals surface area contributed by atoms with Crippen molar-refractivity contribution in [2.45, 2.75) is 39.2 Å². The second kappa shape index (κ2) is 5.02. The van der Waals surface area contributed by atoms with Gasteiger partial charge in [0, 0.05) is 12.2 Å². The molecule has 0 aromatic carbocycles. The summed E-state index contributed by atoms with van der Waals surface area (Å²) in [4.78, 5) is 0. The fraction of sp³-hybridized carbons (Fsp3) is 0.700. The lowest BCUT2D eigenvalue weighted by Crippen LogP contribution is -2.03. The Labute approximate surface area is 79.9 Å². The van der Waals surface area contributed by atoms with E-state index in [1.165, 1.54) is 5.56 Å². The van der Waals surface area contributed by atoms with E-state index in [0.717, 1.165) is 25.8 Å². The highest BCUT2D eigenvalue weighted by Crippen LogP contribution is 2.10. The van der Waals surface area contributed by atoms with Crippen LogP contribution in [0.5, 0.6) is 0 Å². The molecule has 0 aliphatic heterocycles. The van der Waals surface area contributed by atoms with Crippen LogP contribution in [0.4, 0.5) is 0 Å². The Kier molecular flexibility index (Phi) is 3.96. The third kappa shape index (κ3) is 2.84. The van der Waals surface area contributed by atoms with Gasteiger partial charge in [0.05, 0.1) is 6.20 Å². The number of nitrogens with zero attached hydrogens (tertiary/aromatic N) is 2. The Hall–Kier alpha value is -0.830.